The zero-order valence-corrected chi connectivity index (χ0v) is 25.1. The van der Waals surface area contributed by atoms with Gasteiger partial charge in [0.25, 0.3) is 5.91 Å². The van der Waals surface area contributed by atoms with Crippen molar-refractivity contribution in [1.82, 2.24) is 25.0 Å². The Morgan fingerprint density at radius 2 is 1.86 bits per heavy atom. The molecule has 1 aliphatic heterocycles. The maximum absolute atomic E-state index is 13.1. The lowest BCUT2D eigenvalue weighted by atomic mass is 9.85. The molecule has 1 saturated carbocycles. The first kappa shape index (κ1) is 31.3. The zero-order valence-electron chi connectivity index (χ0n) is 25.1. The van der Waals surface area contributed by atoms with Gasteiger partial charge in [0.15, 0.2) is 0 Å². The fourth-order valence-corrected chi connectivity index (χ4v) is 6.54. The van der Waals surface area contributed by atoms with Crippen molar-refractivity contribution in [2.24, 2.45) is 11.8 Å². The number of pyridine rings is 1. The lowest BCUT2D eigenvalue weighted by Crippen LogP contribution is -2.30. The molecule has 2 fully saturated rings. The Morgan fingerprint density at radius 1 is 1.09 bits per heavy atom. The number of nitrogens with one attached hydrogen (secondary N) is 2. The van der Waals surface area contributed by atoms with Gasteiger partial charge in [-0.05, 0) is 102 Å². The highest BCUT2D eigenvalue weighted by Crippen LogP contribution is 2.35. The molecule has 2 aromatic heterocycles. The van der Waals surface area contributed by atoms with Crippen molar-refractivity contribution < 1.29 is 22.7 Å². The molecule has 1 saturated heterocycles. The predicted octanol–water partition coefficient (Wildman–Crippen LogP) is 6.54. The number of nitrogens with zero attached hydrogens (tertiary/aromatic N) is 4. The van der Waals surface area contributed by atoms with Crippen LogP contribution in [0.25, 0.3) is 10.9 Å². The SMILES string of the molecule is COc1cc2nn(C3CCC(CN(C)CCCCC4CCNCC4)CC3)cc2cc1NC(=O)c1cccc(C(F)(F)F)n1. The fraction of sp³-hybridized carbons (Fsp3) is 0.594. The second-order valence-corrected chi connectivity index (χ2v) is 12.2. The standard InChI is InChI=1S/C32H43F3N6O2/c1-40(17-4-3-6-22-13-15-36-16-14-22)20-23-9-11-25(12-10-23)41-21-24-18-28(29(43-2)19-27(24)39-41)38-31(42)26-7-5-8-30(37-26)32(33,34)35/h5,7-8,18-19,21-23,25,36H,3-4,6,9-17,20H2,1-2H3,(H,38,42). The number of aromatic nitrogens is 3. The Bertz CT molecular complexity index is 1360. The quantitative estimate of drug-likeness (QED) is 0.243. The van der Waals surface area contributed by atoms with E-state index in [2.05, 4.69) is 27.6 Å². The summed E-state index contributed by atoms with van der Waals surface area (Å²) in [6.45, 7) is 4.67. The number of rotatable bonds is 11. The van der Waals surface area contributed by atoms with Crippen molar-refractivity contribution in [3.63, 3.8) is 0 Å². The van der Waals surface area contributed by atoms with E-state index in [4.69, 9.17) is 9.84 Å². The molecule has 2 N–H and O–H groups in total. The van der Waals surface area contributed by atoms with E-state index in [1.54, 1.807) is 12.1 Å². The number of hydrogen-bond donors (Lipinski definition) is 2. The van der Waals surface area contributed by atoms with Crippen LogP contribution < -0.4 is 15.4 Å². The number of fused-ring (bicyclic) bond motifs is 1. The van der Waals surface area contributed by atoms with Crippen LogP contribution in [0.15, 0.2) is 36.5 Å². The minimum atomic E-state index is -4.64. The third-order valence-corrected chi connectivity index (χ3v) is 8.98. The van der Waals surface area contributed by atoms with Gasteiger partial charge in [-0.15, -0.1) is 0 Å². The van der Waals surface area contributed by atoms with Crippen molar-refractivity contribution in [2.45, 2.75) is 70.0 Å². The number of halogens is 3. The van der Waals surface area contributed by atoms with Crippen molar-refractivity contribution in [3.05, 3.63) is 47.9 Å². The van der Waals surface area contributed by atoms with Gasteiger partial charge in [-0.25, -0.2) is 4.98 Å². The maximum Gasteiger partial charge on any atom is 0.433 e. The van der Waals surface area contributed by atoms with Crippen LogP contribution in [-0.2, 0) is 6.18 Å². The number of carbonyl (C=O) groups is 1. The average Bonchev–Trinajstić information content (AvgIpc) is 3.42. The van der Waals surface area contributed by atoms with E-state index < -0.39 is 17.8 Å². The van der Waals surface area contributed by atoms with Gasteiger partial charge in [0.2, 0.25) is 0 Å². The molecule has 3 heterocycles. The maximum atomic E-state index is 13.1. The number of amides is 1. The smallest absolute Gasteiger partial charge is 0.433 e. The molecule has 0 unspecified atom stereocenters. The molecule has 1 aliphatic carbocycles. The first-order valence-electron chi connectivity index (χ1n) is 15.5. The van der Waals surface area contributed by atoms with E-state index >= 15 is 0 Å². The summed E-state index contributed by atoms with van der Waals surface area (Å²) in [5, 5.41) is 11.7. The van der Waals surface area contributed by atoms with Gasteiger partial charge in [-0.1, -0.05) is 18.9 Å². The molecule has 3 aromatic rings. The summed E-state index contributed by atoms with van der Waals surface area (Å²) in [5.41, 5.74) is -0.361. The van der Waals surface area contributed by atoms with Crippen molar-refractivity contribution in [1.29, 1.82) is 0 Å². The Labute approximate surface area is 251 Å². The summed E-state index contributed by atoms with van der Waals surface area (Å²) in [5.74, 6) is 1.23. The molecule has 0 bridgehead atoms. The number of hydrogen-bond acceptors (Lipinski definition) is 6. The molecule has 43 heavy (non-hydrogen) atoms. The molecule has 0 radical (unpaired) electrons. The predicted molar refractivity (Wildman–Crippen MR) is 161 cm³/mol. The van der Waals surface area contributed by atoms with Crippen LogP contribution in [0.5, 0.6) is 5.75 Å². The van der Waals surface area contributed by atoms with E-state index in [9.17, 15) is 18.0 Å². The summed E-state index contributed by atoms with van der Waals surface area (Å²) >= 11 is 0. The second-order valence-electron chi connectivity index (χ2n) is 12.2. The number of ether oxygens (including phenoxy) is 1. The Morgan fingerprint density at radius 3 is 2.58 bits per heavy atom. The van der Waals surface area contributed by atoms with Crippen molar-refractivity contribution in [3.8, 4) is 5.75 Å². The molecular weight excluding hydrogens is 557 g/mol. The molecule has 1 amide bonds. The largest absolute Gasteiger partial charge is 0.494 e. The van der Waals surface area contributed by atoms with Crippen molar-refractivity contribution in [2.75, 3.05) is 45.7 Å². The molecule has 2 aliphatic rings. The average molecular weight is 601 g/mol. The topological polar surface area (TPSA) is 84.3 Å². The number of piperidine rings is 1. The van der Waals surface area contributed by atoms with Gasteiger partial charge in [0.1, 0.15) is 17.1 Å². The van der Waals surface area contributed by atoms with E-state index in [1.807, 2.05) is 10.9 Å². The fourth-order valence-electron chi connectivity index (χ4n) is 6.54. The Hall–Kier alpha value is -3.18. The molecule has 11 heteroatoms. The van der Waals surface area contributed by atoms with E-state index in [0.717, 1.165) is 55.1 Å². The van der Waals surface area contributed by atoms with E-state index in [0.29, 0.717) is 23.4 Å². The molecule has 0 spiro atoms. The number of unbranched alkanes of at least 4 members (excludes halogenated alkanes) is 1. The van der Waals surface area contributed by atoms with Gasteiger partial charge in [0.05, 0.1) is 24.4 Å². The molecule has 0 atom stereocenters. The number of benzene rings is 1. The lowest BCUT2D eigenvalue weighted by molar-refractivity contribution is -0.141. The highest BCUT2D eigenvalue weighted by molar-refractivity contribution is 6.05. The summed E-state index contributed by atoms with van der Waals surface area (Å²) < 4.78 is 46.7. The number of carbonyl (C=O) groups excluding carboxylic acids is 1. The Kier molecular flexibility index (Phi) is 10.2. The van der Waals surface area contributed by atoms with Gasteiger partial charge in [-0.2, -0.15) is 18.3 Å². The van der Waals surface area contributed by atoms with Gasteiger partial charge in [0, 0.05) is 24.2 Å². The highest BCUT2D eigenvalue weighted by Gasteiger charge is 2.33. The van der Waals surface area contributed by atoms with Crippen LogP contribution in [0.2, 0.25) is 0 Å². The third-order valence-electron chi connectivity index (χ3n) is 8.98. The second kappa shape index (κ2) is 14.1. The van der Waals surface area contributed by atoms with E-state index in [1.165, 1.54) is 71.0 Å². The van der Waals surface area contributed by atoms with Crippen LogP contribution >= 0.6 is 0 Å². The summed E-state index contributed by atoms with van der Waals surface area (Å²) in [6.07, 6.45) is 8.41. The third kappa shape index (κ3) is 8.26. The van der Waals surface area contributed by atoms with Crippen LogP contribution in [0.4, 0.5) is 18.9 Å². The number of anilines is 1. The summed E-state index contributed by atoms with van der Waals surface area (Å²) in [4.78, 5) is 18.8. The summed E-state index contributed by atoms with van der Waals surface area (Å²) in [6, 6.07) is 7.04. The van der Waals surface area contributed by atoms with Crippen LogP contribution in [-0.4, -0.2) is 65.9 Å². The zero-order chi connectivity index (χ0) is 30.4. The first-order chi connectivity index (χ1) is 20.7. The summed E-state index contributed by atoms with van der Waals surface area (Å²) in [7, 11) is 3.73. The monoisotopic (exact) mass is 600 g/mol. The van der Waals surface area contributed by atoms with Crippen LogP contribution in [0.3, 0.4) is 0 Å². The normalized spacial score (nSPS) is 20.0. The van der Waals surface area contributed by atoms with Gasteiger partial charge >= 0.3 is 6.18 Å². The lowest BCUT2D eigenvalue weighted by Gasteiger charge is -2.31. The van der Waals surface area contributed by atoms with Crippen LogP contribution in [0.1, 0.15) is 80.0 Å². The van der Waals surface area contributed by atoms with Crippen molar-refractivity contribution >= 4 is 22.5 Å². The molecule has 5 rings (SSSR count). The number of methoxy groups -OCH3 is 1. The molecule has 234 valence electrons. The molecule has 8 nitrogen and oxygen atoms in total. The first-order valence-corrected chi connectivity index (χ1v) is 15.5. The highest BCUT2D eigenvalue weighted by atomic mass is 19.4. The molecule has 1 aromatic carbocycles. The number of alkyl halides is 3. The minimum absolute atomic E-state index is 0.303. The van der Waals surface area contributed by atoms with Gasteiger partial charge < -0.3 is 20.3 Å². The molecular formula is C32H43F3N6O2. The van der Waals surface area contributed by atoms with Gasteiger partial charge in [-0.3, -0.25) is 9.48 Å². The minimum Gasteiger partial charge on any atom is -0.494 e. The Balaban J connectivity index is 1.14. The van der Waals surface area contributed by atoms with E-state index in [-0.39, 0.29) is 5.69 Å². The van der Waals surface area contributed by atoms with Crippen LogP contribution in [0, 0.1) is 11.8 Å².